The quantitative estimate of drug-likeness (QED) is 0.357. The first-order valence-corrected chi connectivity index (χ1v) is 15.0. The number of sulfonamides is 1. The third kappa shape index (κ3) is 8.10. The van der Waals surface area contributed by atoms with Crippen molar-refractivity contribution in [3.05, 3.63) is 62.0 Å². The van der Waals surface area contributed by atoms with Crippen molar-refractivity contribution >= 4 is 66.7 Å². The molecule has 198 valence electrons. The van der Waals surface area contributed by atoms with E-state index in [1.807, 2.05) is 27.7 Å². The molecule has 36 heavy (non-hydrogen) atoms. The average molecular weight is 621 g/mol. The number of benzene rings is 2. The first-order chi connectivity index (χ1) is 16.8. The Kier molecular flexibility index (Phi) is 11.1. The summed E-state index contributed by atoms with van der Waals surface area (Å²) in [7, 11) is -3.81. The van der Waals surface area contributed by atoms with Gasteiger partial charge in [0.25, 0.3) is 0 Å². The molecule has 0 bridgehead atoms. The summed E-state index contributed by atoms with van der Waals surface area (Å²) >= 11 is 15.6. The molecular weight excluding hydrogens is 589 g/mol. The Morgan fingerprint density at radius 1 is 1.06 bits per heavy atom. The van der Waals surface area contributed by atoms with Crippen LogP contribution in [0, 0.1) is 6.92 Å². The fourth-order valence-electron chi connectivity index (χ4n) is 3.59. The number of carbonyl (C=O) groups excluding carboxylic acids is 2. The molecule has 0 radical (unpaired) electrons. The number of carbonyl (C=O) groups is 2. The van der Waals surface area contributed by atoms with Crippen LogP contribution in [0.5, 0.6) is 0 Å². The van der Waals surface area contributed by atoms with Gasteiger partial charge in [-0.15, -0.1) is 0 Å². The zero-order valence-electron chi connectivity index (χ0n) is 21.0. The Morgan fingerprint density at radius 3 is 2.25 bits per heavy atom. The lowest BCUT2D eigenvalue weighted by molar-refractivity contribution is -0.140. The van der Waals surface area contributed by atoms with Gasteiger partial charge in [-0.1, -0.05) is 59.0 Å². The minimum Gasteiger partial charge on any atom is -0.352 e. The van der Waals surface area contributed by atoms with E-state index in [2.05, 4.69) is 21.2 Å². The Morgan fingerprint density at radius 2 is 1.72 bits per heavy atom. The van der Waals surface area contributed by atoms with Crippen molar-refractivity contribution in [2.75, 3.05) is 17.1 Å². The van der Waals surface area contributed by atoms with E-state index < -0.39 is 28.5 Å². The van der Waals surface area contributed by atoms with Crippen molar-refractivity contribution in [1.82, 2.24) is 10.2 Å². The number of anilines is 1. The predicted molar refractivity (Wildman–Crippen MR) is 150 cm³/mol. The van der Waals surface area contributed by atoms with Crippen molar-refractivity contribution in [3.8, 4) is 0 Å². The number of hydrogen-bond donors (Lipinski definition) is 1. The zero-order valence-corrected chi connectivity index (χ0v) is 24.9. The Hall–Kier alpha value is -1.81. The second kappa shape index (κ2) is 13.1. The van der Waals surface area contributed by atoms with Crippen LogP contribution in [0.3, 0.4) is 0 Å². The minimum absolute atomic E-state index is 0.0547. The van der Waals surface area contributed by atoms with Crippen LogP contribution in [0.2, 0.25) is 10.0 Å². The largest absolute Gasteiger partial charge is 0.352 e. The summed E-state index contributed by atoms with van der Waals surface area (Å²) in [4.78, 5) is 28.3. The van der Waals surface area contributed by atoms with Gasteiger partial charge in [-0.3, -0.25) is 13.9 Å². The molecule has 0 aromatic heterocycles. The molecule has 0 aliphatic heterocycles. The Bertz CT molecular complexity index is 1210. The second-order valence-electron chi connectivity index (χ2n) is 8.72. The highest BCUT2D eigenvalue weighted by Gasteiger charge is 2.32. The molecule has 7 nitrogen and oxygen atoms in total. The zero-order chi connectivity index (χ0) is 27.2. The number of hydrogen-bond acceptors (Lipinski definition) is 4. The lowest BCUT2D eigenvalue weighted by Crippen LogP contribution is -2.53. The van der Waals surface area contributed by atoms with Gasteiger partial charge in [0.2, 0.25) is 21.8 Å². The molecule has 0 aliphatic rings. The van der Waals surface area contributed by atoms with Gasteiger partial charge in [-0.05, 0) is 68.1 Å². The van der Waals surface area contributed by atoms with Crippen LogP contribution >= 0.6 is 39.1 Å². The maximum absolute atomic E-state index is 13.7. The van der Waals surface area contributed by atoms with Crippen LogP contribution in [0.4, 0.5) is 5.69 Å². The van der Waals surface area contributed by atoms with E-state index in [9.17, 15) is 18.0 Å². The molecule has 0 fully saturated rings. The number of rotatable bonds is 11. The fourth-order valence-corrected chi connectivity index (χ4v) is 5.00. The van der Waals surface area contributed by atoms with Crippen LogP contribution < -0.4 is 9.62 Å². The van der Waals surface area contributed by atoms with Crippen LogP contribution in [0.1, 0.15) is 44.7 Å². The smallest absolute Gasteiger partial charge is 0.244 e. The summed E-state index contributed by atoms with van der Waals surface area (Å²) in [6, 6.07) is 9.14. The molecule has 2 atom stereocenters. The number of aryl methyl sites for hydroxylation is 1. The fraction of sp³-hybridized carbons (Fsp3) is 0.440. The van der Waals surface area contributed by atoms with E-state index >= 15 is 0 Å². The van der Waals surface area contributed by atoms with E-state index in [4.69, 9.17) is 23.2 Å². The normalized spacial score (nSPS) is 13.1. The van der Waals surface area contributed by atoms with E-state index in [-0.39, 0.29) is 18.5 Å². The topological polar surface area (TPSA) is 86.8 Å². The molecule has 2 aromatic rings. The van der Waals surface area contributed by atoms with Gasteiger partial charge in [0.15, 0.2) is 0 Å². The molecule has 11 heteroatoms. The maximum atomic E-state index is 13.7. The van der Waals surface area contributed by atoms with Gasteiger partial charge in [-0.25, -0.2) is 8.42 Å². The van der Waals surface area contributed by atoms with Crippen molar-refractivity contribution in [1.29, 1.82) is 0 Å². The molecule has 2 aromatic carbocycles. The first kappa shape index (κ1) is 30.4. The Labute approximate surface area is 232 Å². The van der Waals surface area contributed by atoms with Crippen molar-refractivity contribution in [2.24, 2.45) is 0 Å². The predicted octanol–water partition coefficient (Wildman–Crippen LogP) is 5.55. The lowest BCUT2D eigenvalue weighted by atomic mass is 10.1. The average Bonchev–Trinajstić information content (AvgIpc) is 2.80. The Balaban J connectivity index is 2.48. The number of nitrogens with zero attached hydrogens (tertiary/aromatic N) is 2. The number of halogens is 3. The standard InChI is InChI=1S/C25H32BrCl2N3O4S/c1-6-17(4)29-25(33)23(7-2)30(14-18-8-11-21(27)22(28)13-18)24(32)15-31(36(5,34)35)19-9-10-20(26)16(3)12-19/h8-13,17,23H,6-7,14-15H2,1-5H3,(H,29,33)/t17-,23-/m1/s1. The van der Waals surface area contributed by atoms with Gasteiger partial charge >= 0.3 is 0 Å². The van der Waals surface area contributed by atoms with Gasteiger partial charge < -0.3 is 10.2 Å². The SMILES string of the molecule is CC[C@@H](C)NC(=O)[C@@H](CC)N(Cc1ccc(Cl)c(Cl)c1)C(=O)CN(c1ccc(Br)c(C)c1)S(C)(=O)=O. The van der Waals surface area contributed by atoms with Crippen LogP contribution in [-0.4, -0.2) is 50.0 Å². The van der Waals surface area contributed by atoms with Gasteiger partial charge in [-0.2, -0.15) is 0 Å². The molecule has 2 rings (SSSR count). The first-order valence-electron chi connectivity index (χ1n) is 11.6. The summed E-state index contributed by atoms with van der Waals surface area (Å²) in [6.45, 7) is 7.07. The summed E-state index contributed by atoms with van der Waals surface area (Å²) in [5, 5.41) is 3.62. The number of amides is 2. The lowest BCUT2D eigenvalue weighted by Gasteiger charge is -2.33. The highest BCUT2D eigenvalue weighted by atomic mass is 79.9. The summed E-state index contributed by atoms with van der Waals surface area (Å²) < 4.78 is 27.3. The summed E-state index contributed by atoms with van der Waals surface area (Å²) in [5.41, 5.74) is 1.84. The van der Waals surface area contributed by atoms with Crippen molar-refractivity contribution < 1.29 is 18.0 Å². The highest BCUT2D eigenvalue weighted by molar-refractivity contribution is 9.10. The van der Waals surface area contributed by atoms with Gasteiger partial charge in [0.05, 0.1) is 22.0 Å². The molecular formula is C25H32BrCl2N3O4S. The molecule has 0 spiro atoms. The van der Waals surface area contributed by atoms with Crippen LogP contribution in [0.25, 0.3) is 0 Å². The highest BCUT2D eigenvalue weighted by Crippen LogP contribution is 2.26. The van der Waals surface area contributed by atoms with Crippen molar-refractivity contribution in [3.63, 3.8) is 0 Å². The molecule has 1 N–H and O–H groups in total. The third-order valence-corrected chi connectivity index (χ3v) is 8.60. The second-order valence-corrected chi connectivity index (χ2v) is 12.3. The van der Waals surface area contributed by atoms with E-state index in [0.717, 1.165) is 27.0 Å². The molecule has 2 amide bonds. The van der Waals surface area contributed by atoms with E-state index in [1.165, 1.54) is 4.90 Å². The summed E-state index contributed by atoms with van der Waals surface area (Å²) in [6.07, 6.45) is 2.12. The third-order valence-electron chi connectivity index (χ3n) is 5.83. The van der Waals surface area contributed by atoms with Crippen LogP contribution in [-0.2, 0) is 26.2 Å². The van der Waals surface area contributed by atoms with E-state index in [1.54, 1.807) is 36.4 Å². The molecule has 0 saturated heterocycles. The molecule has 0 heterocycles. The monoisotopic (exact) mass is 619 g/mol. The van der Waals surface area contributed by atoms with Crippen molar-refractivity contribution in [2.45, 2.75) is 59.2 Å². The van der Waals surface area contributed by atoms with Gasteiger partial charge in [0.1, 0.15) is 12.6 Å². The maximum Gasteiger partial charge on any atom is 0.244 e. The molecule has 0 saturated carbocycles. The van der Waals surface area contributed by atoms with E-state index in [0.29, 0.717) is 27.7 Å². The number of nitrogens with one attached hydrogen (secondary N) is 1. The minimum atomic E-state index is -3.81. The molecule has 0 aliphatic carbocycles. The molecule has 0 unspecified atom stereocenters. The van der Waals surface area contributed by atoms with Crippen LogP contribution in [0.15, 0.2) is 40.9 Å². The summed E-state index contributed by atoms with van der Waals surface area (Å²) in [5.74, 6) is -0.816. The van der Waals surface area contributed by atoms with Gasteiger partial charge in [0, 0.05) is 17.1 Å².